The molecule has 2 heterocycles. The van der Waals surface area contributed by atoms with Crippen LogP contribution in [0.5, 0.6) is 0 Å². The number of hydrogen-bond acceptors (Lipinski definition) is 4. The largest absolute Gasteiger partial charge is 0.450 e. The predicted octanol–water partition coefficient (Wildman–Crippen LogP) is 0.922. The molecule has 0 unspecified atom stereocenters. The van der Waals surface area contributed by atoms with Crippen molar-refractivity contribution in [3.8, 4) is 0 Å². The molecule has 1 saturated heterocycles. The van der Waals surface area contributed by atoms with Crippen molar-refractivity contribution in [3.05, 3.63) is 11.6 Å². The van der Waals surface area contributed by atoms with Crippen molar-refractivity contribution in [1.29, 1.82) is 0 Å². The molecule has 3 amide bonds. The molecular formula is C13H18N2O4. The lowest BCUT2D eigenvalue weighted by Gasteiger charge is -2.35. The van der Waals surface area contributed by atoms with E-state index in [0.29, 0.717) is 38.1 Å². The van der Waals surface area contributed by atoms with Crippen LogP contribution in [0.2, 0.25) is 0 Å². The number of nitrogens with zero attached hydrogens (tertiary/aromatic N) is 2. The summed E-state index contributed by atoms with van der Waals surface area (Å²) in [7, 11) is 0. The predicted molar refractivity (Wildman–Crippen MR) is 67.2 cm³/mol. The summed E-state index contributed by atoms with van der Waals surface area (Å²) in [5.74, 6) is -0.448. The van der Waals surface area contributed by atoms with E-state index in [1.165, 1.54) is 11.0 Å². The molecule has 2 rings (SSSR count). The van der Waals surface area contributed by atoms with Gasteiger partial charge < -0.3 is 9.64 Å². The molecule has 0 bridgehead atoms. The van der Waals surface area contributed by atoms with Crippen LogP contribution < -0.4 is 0 Å². The molecule has 2 aliphatic heterocycles. The molecule has 0 aromatic rings. The number of hydrogen-bond donors (Lipinski definition) is 0. The second kappa shape index (κ2) is 5.42. The SMILES string of the molecule is CCOC(=O)N1CCC(N2C(=O)C=C(C)C2=O)CC1. The monoisotopic (exact) mass is 266 g/mol. The van der Waals surface area contributed by atoms with Gasteiger partial charge in [-0.15, -0.1) is 0 Å². The van der Waals surface area contributed by atoms with Crippen LogP contribution in [0.1, 0.15) is 26.7 Å². The average molecular weight is 266 g/mol. The maximum Gasteiger partial charge on any atom is 0.409 e. The third-order valence-corrected chi connectivity index (χ3v) is 3.49. The minimum Gasteiger partial charge on any atom is -0.450 e. The van der Waals surface area contributed by atoms with Gasteiger partial charge in [-0.1, -0.05) is 0 Å². The molecule has 0 N–H and O–H groups in total. The van der Waals surface area contributed by atoms with Gasteiger partial charge in [0.1, 0.15) is 0 Å². The van der Waals surface area contributed by atoms with Gasteiger partial charge in [-0.3, -0.25) is 14.5 Å². The van der Waals surface area contributed by atoms with Gasteiger partial charge in [0.2, 0.25) is 0 Å². The van der Waals surface area contributed by atoms with Crippen molar-refractivity contribution in [2.45, 2.75) is 32.7 Å². The first-order chi connectivity index (χ1) is 9.04. The summed E-state index contributed by atoms with van der Waals surface area (Å²) in [6, 6.07) is -0.112. The third kappa shape index (κ3) is 2.62. The van der Waals surface area contributed by atoms with Gasteiger partial charge in [0.15, 0.2) is 0 Å². The Balaban J connectivity index is 1.92. The summed E-state index contributed by atoms with van der Waals surface area (Å²) in [4.78, 5) is 38.1. The van der Waals surface area contributed by atoms with Crippen LogP contribution in [-0.2, 0) is 14.3 Å². The fourth-order valence-electron chi connectivity index (χ4n) is 2.47. The summed E-state index contributed by atoms with van der Waals surface area (Å²) in [6.07, 6.45) is 2.27. The molecular weight excluding hydrogens is 248 g/mol. The van der Waals surface area contributed by atoms with Crippen LogP contribution in [0.25, 0.3) is 0 Å². The van der Waals surface area contributed by atoms with Crippen LogP contribution in [0, 0.1) is 0 Å². The topological polar surface area (TPSA) is 66.9 Å². The first-order valence-corrected chi connectivity index (χ1v) is 6.52. The summed E-state index contributed by atoms with van der Waals surface area (Å²) in [5, 5.41) is 0. The zero-order chi connectivity index (χ0) is 14.0. The molecule has 0 aromatic heterocycles. The average Bonchev–Trinajstić information content (AvgIpc) is 2.64. The molecule has 0 saturated carbocycles. The van der Waals surface area contributed by atoms with E-state index < -0.39 is 0 Å². The third-order valence-electron chi connectivity index (χ3n) is 3.49. The van der Waals surface area contributed by atoms with Gasteiger partial charge in [-0.25, -0.2) is 4.79 Å². The summed E-state index contributed by atoms with van der Waals surface area (Å²) in [5.41, 5.74) is 0.484. The van der Waals surface area contributed by atoms with Crippen molar-refractivity contribution in [2.75, 3.05) is 19.7 Å². The molecule has 0 atom stereocenters. The van der Waals surface area contributed by atoms with E-state index in [1.807, 2.05) is 0 Å². The van der Waals surface area contributed by atoms with Gasteiger partial charge in [0.25, 0.3) is 11.8 Å². The number of piperidine rings is 1. The van der Waals surface area contributed by atoms with Gasteiger partial charge in [-0.05, 0) is 26.7 Å². The Morgan fingerprint density at radius 2 is 2.00 bits per heavy atom. The van der Waals surface area contributed by atoms with E-state index in [-0.39, 0.29) is 23.9 Å². The fourth-order valence-corrected chi connectivity index (χ4v) is 2.47. The van der Waals surface area contributed by atoms with Crippen LogP contribution in [0.15, 0.2) is 11.6 Å². The summed E-state index contributed by atoms with van der Waals surface area (Å²) in [6.45, 7) is 4.79. The number of ether oxygens (including phenoxy) is 1. The number of amides is 3. The first kappa shape index (κ1) is 13.6. The summed E-state index contributed by atoms with van der Waals surface area (Å²) < 4.78 is 4.93. The van der Waals surface area contributed by atoms with Gasteiger partial charge in [0.05, 0.1) is 6.61 Å². The highest BCUT2D eigenvalue weighted by Crippen LogP contribution is 2.23. The fraction of sp³-hybridized carbons (Fsp3) is 0.615. The Morgan fingerprint density at radius 1 is 1.37 bits per heavy atom. The van der Waals surface area contributed by atoms with Crippen LogP contribution in [0.3, 0.4) is 0 Å². The Labute approximate surface area is 112 Å². The van der Waals surface area contributed by atoms with Crippen LogP contribution >= 0.6 is 0 Å². The number of imide groups is 1. The second-order valence-corrected chi connectivity index (χ2v) is 4.76. The molecule has 1 fully saturated rings. The number of rotatable bonds is 2. The number of likely N-dealkylation sites (tertiary alicyclic amines) is 1. The number of carbonyl (C=O) groups is 3. The van der Waals surface area contributed by atoms with Crippen molar-refractivity contribution in [1.82, 2.24) is 9.80 Å². The molecule has 0 aromatic carbocycles. The van der Waals surface area contributed by atoms with Gasteiger partial charge >= 0.3 is 6.09 Å². The lowest BCUT2D eigenvalue weighted by molar-refractivity contribution is -0.140. The molecule has 2 aliphatic rings. The summed E-state index contributed by atoms with van der Waals surface area (Å²) >= 11 is 0. The van der Waals surface area contributed by atoms with Crippen LogP contribution in [-0.4, -0.2) is 53.4 Å². The van der Waals surface area contributed by atoms with Crippen molar-refractivity contribution >= 4 is 17.9 Å². The Hall–Kier alpha value is -1.85. The van der Waals surface area contributed by atoms with E-state index >= 15 is 0 Å². The normalized spacial score (nSPS) is 20.8. The quantitative estimate of drug-likeness (QED) is 0.697. The maximum absolute atomic E-state index is 11.9. The molecule has 104 valence electrons. The molecule has 0 aliphatic carbocycles. The molecule has 6 heteroatoms. The van der Waals surface area contributed by atoms with Gasteiger partial charge in [-0.2, -0.15) is 0 Å². The first-order valence-electron chi connectivity index (χ1n) is 6.52. The van der Waals surface area contributed by atoms with E-state index in [1.54, 1.807) is 18.7 Å². The molecule has 6 nitrogen and oxygen atoms in total. The highest BCUT2D eigenvalue weighted by atomic mass is 16.6. The zero-order valence-corrected chi connectivity index (χ0v) is 11.2. The molecule has 19 heavy (non-hydrogen) atoms. The smallest absolute Gasteiger partial charge is 0.409 e. The Bertz CT molecular complexity index is 436. The van der Waals surface area contributed by atoms with E-state index in [9.17, 15) is 14.4 Å². The highest BCUT2D eigenvalue weighted by Gasteiger charge is 2.36. The zero-order valence-electron chi connectivity index (χ0n) is 11.2. The van der Waals surface area contributed by atoms with Gasteiger partial charge in [0, 0.05) is 30.8 Å². The molecule has 0 radical (unpaired) electrons. The van der Waals surface area contributed by atoms with Crippen molar-refractivity contribution in [3.63, 3.8) is 0 Å². The maximum atomic E-state index is 11.9. The minimum absolute atomic E-state index is 0.112. The second-order valence-electron chi connectivity index (χ2n) is 4.76. The lowest BCUT2D eigenvalue weighted by Crippen LogP contribution is -2.49. The lowest BCUT2D eigenvalue weighted by atomic mass is 10.0. The van der Waals surface area contributed by atoms with Crippen molar-refractivity contribution in [2.24, 2.45) is 0 Å². The standard InChI is InChI=1S/C13H18N2O4/c1-3-19-13(18)14-6-4-10(5-7-14)15-11(16)8-9(2)12(15)17/h8,10H,3-7H2,1-2H3. The number of carbonyl (C=O) groups excluding carboxylic acids is 3. The van der Waals surface area contributed by atoms with E-state index in [0.717, 1.165) is 0 Å². The van der Waals surface area contributed by atoms with E-state index in [4.69, 9.17) is 4.74 Å². The molecule has 0 spiro atoms. The Kier molecular flexibility index (Phi) is 3.87. The highest BCUT2D eigenvalue weighted by molar-refractivity contribution is 6.16. The van der Waals surface area contributed by atoms with Crippen molar-refractivity contribution < 1.29 is 19.1 Å². The van der Waals surface area contributed by atoms with Crippen LogP contribution in [0.4, 0.5) is 4.79 Å². The minimum atomic E-state index is -0.325. The Morgan fingerprint density at radius 3 is 2.47 bits per heavy atom. The van der Waals surface area contributed by atoms with E-state index in [2.05, 4.69) is 0 Å².